The van der Waals surface area contributed by atoms with Gasteiger partial charge in [-0.3, -0.25) is 9.59 Å². The molecule has 1 atom stereocenters. The first kappa shape index (κ1) is 25.4. The number of carbonyl (C=O) groups excluding carboxylic acids is 3. The second-order valence-corrected chi connectivity index (χ2v) is 2.58. The SMILES string of the molecule is C.CN.CNC(C)C(=O)OC.COC(=O)C(C)=O.[HH]. The van der Waals surface area contributed by atoms with Crippen LogP contribution >= 0.6 is 0 Å². The molecule has 0 aliphatic rings. The number of hydrogen-bond acceptors (Lipinski definition) is 7. The van der Waals surface area contributed by atoms with Crippen LogP contribution in [0.4, 0.5) is 0 Å². The van der Waals surface area contributed by atoms with Gasteiger partial charge in [0.1, 0.15) is 6.04 Å². The van der Waals surface area contributed by atoms with Crippen LogP contribution in [0.25, 0.3) is 0 Å². The summed E-state index contributed by atoms with van der Waals surface area (Å²) in [4.78, 5) is 30.3. The predicted molar refractivity (Wildman–Crippen MR) is 72.2 cm³/mol. The zero-order chi connectivity index (χ0) is 14.4. The summed E-state index contributed by atoms with van der Waals surface area (Å²) in [6.07, 6.45) is 0. The van der Waals surface area contributed by atoms with E-state index in [0.29, 0.717) is 0 Å². The lowest BCUT2D eigenvalue weighted by atomic mass is 10.4. The van der Waals surface area contributed by atoms with Crippen LogP contribution in [-0.4, -0.2) is 52.1 Å². The van der Waals surface area contributed by atoms with Gasteiger partial charge in [-0.05, 0) is 21.0 Å². The molecule has 7 heteroatoms. The van der Waals surface area contributed by atoms with Gasteiger partial charge in [0.25, 0.3) is 0 Å². The zero-order valence-electron chi connectivity index (χ0n) is 11.2. The van der Waals surface area contributed by atoms with Gasteiger partial charge in [-0.25, -0.2) is 4.79 Å². The van der Waals surface area contributed by atoms with Crippen LogP contribution in [0.2, 0.25) is 0 Å². The summed E-state index contributed by atoms with van der Waals surface area (Å²) in [6.45, 7) is 2.90. The maximum atomic E-state index is 10.5. The smallest absolute Gasteiger partial charge is 0.374 e. The molecule has 0 aromatic carbocycles. The number of carbonyl (C=O) groups is 3. The molecule has 0 fully saturated rings. The Bertz CT molecular complexity index is 237. The summed E-state index contributed by atoms with van der Waals surface area (Å²) in [6, 6.07) is -0.194. The molecule has 112 valence electrons. The molecule has 0 saturated heterocycles. The lowest BCUT2D eigenvalue weighted by Gasteiger charge is -2.04. The quantitative estimate of drug-likeness (QED) is 0.546. The van der Waals surface area contributed by atoms with Gasteiger partial charge in [0.05, 0.1) is 14.2 Å². The average molecular weight is 268 g/mol. The van der Waals surface area contributed by atoms with Gasteiger partial charge in [0, 0.05) is 8.35 Å². The highest BCUT2D eigenvalue weighted by atomic mass is 16.5. The molecule has 3 N–H and O–H groups in total. The van der Waals surface area contributed by atoms with Crippen LogP contribution in [0.15, 0.2) is 0 Å². The Morgan fingerprint density at radius 3 is 1.61 bits per heavy atom. The van der Waals surface area contributed by atoms with E-state index in [4.69, 9.17) is 0 Å². The second kappa shape index (κ2) is 17.9. The van der Waals surface area contributed by atoms with Crippen LogP contribution in [-0.2, 0) is 23.9 Å². The van der Waals surface area contributed by atoms with Gasteiger partial charge in [-0.15, -0.1) is 0 Å². The fraction of sp³-hybridized carbons (Fsp3) is 0.727. The topological polar surface area (TPSA) is 108 Å². The Morgan fingerprint density at radius 2 is 1.56 bits per heavy atom. The third-order valence-corrected chi connectivity index (χ3v) is 1.46. The van der Waals surface area contributed by atoms with E-state index in [-0.39, 0.29) is 20.9 Å². The number of methoxy groups -OCH3 is 2. The van der Waals surface area contributed by atoms with Crippen molar-refractivity contribution in [1.82, 2.24) is 5.32 Å². The van der Waals surface area contributed by atoms with Gasteiger partial charge in [-0.1, -0.05) is 7.43 Å². The normalized spacial score (nSPS) is 9.06. The third kappa shape index (κ3) is 16.9. The van der Waals surface area contributed by atoms with Crippen LogP contribution in [0.3, 0.4) is 0 Å². The molecular formula is C11H28N2O5. The maximum absolute atomic E-state index is 10.5. The summed E-state index contributed by atoms with van der Waals surface area (Å²) < 4.78 is 8.42. The van der Waals surface area contributed by atoms with Crippen molar-refractivity contribution in [1.29, 1.82) is 0 Å². The number of hydrogen-bond donors (Lipinski definition) is 2. The molecule has 0 rings (SSSR count). The van der Waals surface area contributed by atoms with Gasteiger partial charge < -0.3 is 20.5 Å². The van der Waals surface area contributed by atoms with Crippen molar-refractivity contribution in [3.63, 3.8) is 0 Å². The Hall–Kier alpha value is -1.47. The molecule has 0 spiro atoms. The largest absolute Gasteiger partial charge is 0.468 e. The van der Waals surface area contributed by atoms with Crippen molar-refractivity contribution >= 4 is 17.7 Å². The number of ether oxygens (including phenoxy) is 2. The summed E-state index contributed by atoms with van der Waals surface area (Å²) in [5.74, 6) is -1.59. The molecule has 0 aliphatic heterocycles. The molecule has 0 aromatic heterocycles. The molecule has 1 unspecified atom stereocenters. The van der Waals surface area contributed by atoms with Crippen molar-refractivity contribution in [3.05, 3.63) is 0 Å². The van der Waals surface area contributed by atoms with Crippen molar-refractivity contribution in [3.8, 4) is 0 Å². The van der Waals surface area contributed by atoms with Gasteiger partial charge in [0.2, 0.25) is 5.78 Å². The van der Waals surface area contributed by atoms with Crippen LogP contribution in [0.5, 0.6) is 0 Å². The first-order chi connectivity index (χ1) is 7.90. The molecule has 18 heavy (non-hydrogen) atoms. The van der Waals surface area contributed by atoms with E-state index < -0.39 is 11.8 Å². The van der Waals surface area contributed by atoms with Crippen LogP contribution in [0.1, 0.15) is 22.7 Å². The summed E-state index contributed by atoms with van der Waals surface area (Å²) in [7, 11) is 5.75. The number of esters is 2. The van der Waals surface area contributed by atoms with E-state index in [2.05, 4.69) is 20.5 Å². The Morgan fingerprint density at radius 1 is 1.17 bits per heavy atom. The minimum absolute atomic E-state index is 0. The molecule has 0 bridgehead atoms. The lowest BCUT2D eigenvalue weighted by molar-refractivity contribution is -0.150. The fourth-order valence-corrected chi connectivity index (χ4v) is 0.438. The summed E-state index contributed by atoms with van der Waals surface area (Å²) in [5, 5.41) is 2.74. The number of nitrogens with one attached hydrogen (secondary N) is 1. The molecule has 0 heterocycles. The summed E-state index contributed by atoms with van der Waals surface area (Å²) >= 11 is 0. The van der Waals surface area contributed by atoms with Gasteiger partial charge >= 0.3 is 11.9 Å². The third-order valence-electron chi connectivity index (χ3n) is 1.46. The number of Topliss-reactive ketones (excluding diaryl/α,β-unsaturated/α-hetero) is 1. The van der Waals surface area contributed by atoms with E-state index in [1.54, 1.807) is 14.0 Å². The monoisotopic (exact) mass is 268 g/mol. The minimum Gasteiger partial charge on any atom is -0.468 e. The maximum Gasteiger partial charge on any atom is 0.374 e. The minimum atomic E-state index is -0.792. The predicted octanol–water partition coefficient (Wildman–Crippen LogP) is -0.0273. The highest BCUT2D eigenvalue weighted by molar-refractivity contribution is 6.32. The molecule has 0 amide bonds. The van der Waals surface area contributed by atoms with Crippen LogP contribution < -0.4 is 11.1 Å². The van der Waals surface area contributed by atoms with E-state index in [0.717, 1.165) is 6.92 Å². The van der Waals surface area contributed by atoms with E-state index in [1.807, 2.05) is 0 Å². The molecule has 0 saturated carbocycles. The standard InChI is InChI=1S/C5H11NO2.C4H6O3.CH5N.CH4.H2/c1-4(6-2)5(7)8-3;1-3(5)4(6)7-2;1-2;;/h4,6H,1-3H3;1-2H3;2H2,1H3;1H4;1H. The van der Waals surface area contributed by atoms with E-state index in [1.165, 1.54) is 21.3 Å². The van der Waals surface area contributed by atoms with Crippen molar-refractivity contribution < 1.29 is 25.3 Å². The van der Waals surface area contributed by atoms with Gasteiger partial charge in [0.15, 0.2) is 0 Å². The number of ketones is 1. The van der Waals surface area contributed by atoms with E-state index in [9.17, 15) is 14.4 Å². The van der Waals surface area contributed by atoms with Crippen molar-refractivity contribution in [2.75, 3.05) is 28.3 Å². The number of nitrogens with two attached hydrogens (primary N) is 1. The molecular weight excluding hydrogens is 240 g/mol. The Labute approximate surface area is 110 Å². The lowest BCUT2D eigenvalue weighted by Crippen LogP contribution is -2.31. The van der Waals surface area contributed by atoms with E-state index >= 15 is 0 Å². The first-order valence-corrected chi connectivity index (χ1v) is 4.82. The number of likely N-dealkylation sites (N-methyl/N-ethyl adjacent to an activating group) is 1. The first-order valence-electron chi connectivity index (χ1n) is 4.82. The highest BCUT2D eigenvalue weighted by Gasteiger charge is 2.07. The number of rotatable bonds is 3. The molecule has 0 aromatic rings. The zero-order valence-corrected chi connectivity index (χ0v) is 11.2. The molecule has 7 nitrogen and oxygen atoms in total. The van der Waals surface area contributed by atoms with Gasteiger partial charge in [-0.2, -0.15) is 0 Å². The molecule has 0 radical (unpaired) electrons. The highest BCUT2D eigenvalue weighted by Crippen LogP contribution is 1.81. The van der Waals surface area contributed by atoms with Crippen molar-refractivity contribution in [2.24, 2.45) is 5.73 Å². The fourth-order valence-electron chi connectivity index (χ4n) is 0.438. The Kier molecular flexibility index (Phi) is 25.3. The average Bonchev–Trinajstić information content (AvgIpc) is 2.38. The van der Waals surface area contributed by atoms with Crippen LogP contribution in [0, 0.1) is 0 Å². The Balaban J connectivity index is -0.0000000558. The second-order valence-electron chi connectivity index (χ2n) is 2.58. The van der Waals surface area contributed by atoms with Crippen molar-refractivity contribution in [2.45, 2.75) is 27.3 Å². The summed E-state index contributed by atoms with van der Waals surface area (Å²) in [5.41, 5.74) is 4.50. The molecule has 0 aliphatic carbocycles.